The first-order valence-electron chi connectivity index (χ1n) is 6.74. The second-order valence-electron chi connectivity index (χ2n) is 5.37. The molecule has 1 aliphatic rings. The molecule has 2 rings (SSSR count). The van der Waals surface area contributed by atoms with Crippen LogP contribution in [0.15, 0.2) is 12.1 Å². The van der Waals surface area contributed by atoms with E-state index in [0.29, 0.717) is 12.0 Å². The fourth-order valence-electron chi connectivity index (χ4n) is 2.46. The van der Waals surface area contributed by atoms with Crippen LogP contribution in [0.4, 0.5) is 5.00 Å². The van der Waals surface area contributed by atoms with Crippen molar-refractivity contribution in [2.75, 3.05) is 19.6 Å². The van der Waals surface area contributed by atoms with Crippen molar-refractivity contribution in [3.8, 4) is 0 Å². The third kappa shape index (κ3) is 3.99. The van der Waals surface area contributed by atoms with Crippen LogP contribution in [0.25, 0.3) is 0 Å². The summed E-state index contributed by atoms with van der Waals surface area (Å²) in [6, 6.07) is 4.05. The first-order chi connectivity index (χ1) is 9.06. The summed E-state index contributed by atoms with van der Waals surface area (Å²) in [6.07, 6.45) is 1.25. The molecule has 106 valence electrons. The summed E-state index contributed by atoms with van der Waals surface area (Å²) in [4.78, 5) is 13.8. The van der Waals surface area contributed by atoms with Crippen molar-refractivity contribution in [1.29, 1.82) is 0 Å². The van der Waals surface area contributed by atoms with Gasteiger partial charge in [0, 0.05) is 30.1 Å². The third-order valence-corrected chi connectivity index (χ3v) is 4.64. The number of hydrogen-bond acceptors (Lipinski definition) is 5. The summed E-state index contributed by atoms with van der Waals surface area (Å²) < 4.78 is 0. The lowest BCUT2D eigenvalue weighted by Crippen LogP contribution is -2.30. The molecule has 1 N–H and O–H groups in total. The molecule has 0 bridgehead atoms. The normalized spacial score (nSPS) is 20.3. The zero-order valence-electron chi connectivity index (χ0n) is 11.5. The Morgan fingerprint density at radius 3 is 2.95 bits per heavy atom. The van der Waals surface area contributed by atoms with Crippen LogP contribution in [0.1, 0.15) is 25.1 Å². The lowest BCUT2D eigenvalue weighted by molar-refractivity contribution is -0.380. The van der Waals surface area contributed by atoms with Gasteiger partial charge in [-0.2, -0.15) is 0 Å². The third-order valence-electron chi connectivity index (χ3n) is 3.61. The molecule has 0 aliphatic carbocycles. The summed E-state index contributed by atoms with van der Waals surface area (Å²) in [6.45, 7) is 8.55. The number of likely N-dealkylation sites (tertiary alicyclic amines) is 1. The van der Waals surface area contributed by atoms with Crippen LogP contribution in [0.2, 0.25) is 0 Å². The summed E-state index contributed by atoms with van der Waals surface area (Å²) in [5.41, 5.74) is 0. The molecule has 0 aromatic carbocycles. The first kappa shape index (κ1) is 14.4. The predicted molar refractivity (Wildman–Crippen MR) is 77.5 cm³/mol. The molecule has 0 radical (unpaired) electrons. The van der Waals surface area contributed by atoms with Gasteiger partial charge in [0.2, 0.25) is 0 Å². The number of rotatable bonds is 6. The lowest BCUT2D eigenvalue weighted by atomic mass is 10.1. The molecule has 1 aromatic heterocycles. The van der Waals surface area contributed by atoms with Gasteiger partial charge in [-0.15, -0.1) is 0 Å². The molecule has 1 atom stereocenters. The van der Waals surface area contributed by atoms with Crippen LogP contribution in [0, 0.1) is 16.0 Å². The Balaban J connectivity index is 1.70. The molecule has 1 unspecified atom stereocenters. The van der Waals surface area contributed by atoms with Crippen LogP contribution in [0.5, 0.6) is 0 Å². The van der Waals surface area contributed by atoms with Crippen LogP contribution < -0.4 is 5.32 Å². The van der Waals surface area contributed by atoms with Crippen molar-refractivity contribution in [3.63, 3.8) is 0 Å². The van der Waals surface area contributed by atoms with Gasteiger partial charge in [0.05, 0.1) is 4.92 Å². The largest absolute Gasteiger partial charge is 0.324 e. The van der Waals surface area contributed by atoms with Gasteiger partial charge < -0.3 is 10.2 Å². The summed E-state index contributed by atoms with van der Waals surface area (Å²) in [5.74, 6) is 0.706. The fourth-order valence-corrected chi connectivity index (χ4v) is 3.25. The van der Waals surface area contributed by atoms with Crippen molar-refractivity contribution >= 4 is 16.3 Å². The Bertz CT molecular complexity index is 433. The van der Waals surface area contributed by atoms with Crippen LogP contribution in [0.3, 0.4) is 0 Å². The van der Waals surface area contributed by atoms with Crippen molar-refractivity contribution in [1.82, 2.24) is 10.2 Å². The van der Waals surface area contributed by atoms with E-state index >= 15 is 0 Å². The van der Waals surface area contributed by atoms with E-state index in [1.54, 1.807) is 6.07 Å². The Morgan fingerprint density at radius 2 is 2.37 bits per heavy atom. The molecule has 1 fully saturated rings. The van der Waals surface area contributed by atoms with Crippen LogP contribution >= 0.6 is 11.3 Å². The van der Waals surface area contributed by atoms with E-state index in [2.05, 4.69) is 24.1 Å². The van der Waals surface area contributed by atoms with Gasteiger partial charge in [-0.1, -0.05) is 11.3 Å². The Labute approximate surface area is 117 Å². The first-order valence-corrected chi connectivity index (χ1v) is 7.55. The van der Waals surface area contributed by atoms with Gasteiger partial charge in [0.15, 0.2) is 0 Å². The van der Waals surface area contributed by atoms with Crippen LogP contribution in [-0.4, -0.2) is 35.5 Å². The minimum absolute atomic E-state index is 0.226. The highest BCUT2D eigenvalue weighted by Gasteiger charge is 2.23. The van der Waals surface area contributed by atoms with Crippen molar-refractivity contribution in [3.05, 3.63) is 27.1 Å². The van der Waals surface area contributed by atoms with E-state index in [1.807, 2.05) is 6.07 Å². The topological polar surface area (TPSA) is 58.4 Å². The average Bonchev–Trinajstić information content (AvgIpc) is 2.97. The molecular formula is C13H21N3O2S. The van der Waals surface area contributed by atoms with E-state index in [9.17, 15) is 10.1 Å². The van der Waals surface area contributed by atoms with Gasteiger partial charge >= 0.3 is 5.00 Å². The van der Waals surface area contributed by atoms with E-state index in [1.165, 1.54) is 24.3 Å². The standard InChI is InChI=1S/C13H21N3O2S/c1-10(2)15-6-5-11(9-15)7-14-8-12-3-4-13(19-12)16(17)18/h3-4,10-11,14H,5-9H2,1-2H3. The molecule has 6 heteroatoms. The Hall–Kier alpha value is -0.980. The summed E-state index contributed by atoms with van der Waals surface area (Å²) >= 11 is 1.26. The maximum Gasteiger partial charge on any atom is 0.324 e. The minimum atomic E-state index is -0.328. The molecule has 0 amide bonds. The van der Waals surface area contributed by atoms with Gasteiger partial charge in [-0.25, -0.2) is 0 Å². The molecule has 1 aliphatic heterocycles. The van der Waals surface area contributed by atoms with Crippen LogP contribution in [-0.2, 0) is 6.54 Å². The quantitative estimate of drug-likeness (QED) is 0.643. The van der Waals surface area contributed by atoms with E-state index in [4.69, 9.17) is 0 Å². The lowest BCUT2D eigenvalue weighted by Gasteiger charge is -2.20. The SMILES string of the molecule is CC(C)N1CCC(CNCc2ccc([N+](=O)[O-])s2)C1. The average molecular weight is 283 g/mol. The van der Waals surface area contributed by atoms with Gasteiger partial charge in [0.1, 0.15) is 0 Å². The van der Waals surface area contributed by atoms with Crippen molar-refractivity contribution in [2.45, 2.75) is 32.9 Å². The second kappa shape index (κ2) is 6.45. The highest BCUT2D eigenvalue weighted by atomic mass is 32.1. The number of nitrogens with one attached hydrogen (secondary N) is 1. The molecule has 1 saturated heterocycles. The molecule has 0 saturated carbocycles. The molecule has 2 heterocycles. The second-order valence-corrected chi connectivity index (χ2v) is 6.52. The minimum Gasteiger partial charge on any atom is -0.312 e. The van der Waals surface area contributed by atoms with Crippen molar-refractivity contribution in [2.24, 2.45) is 5.92 Å². The smallest absolute Gasteiger partial charge is 0.312 e. The summed E-state index contributed by atoms with van der Waals surface area (Å²) in [7, 11) is 0. The molecule has 19 heavy (non-hydrogen) atoms. The zero-order valence-corrected chi connectivity index (χ0v) is 12.3. The molecular weight excluding hydrogens is 262 g/mol. The van der Waals surface area contributed by atoms with Crippen molar-refractivity contribution < 1.29 is 4.92 Å². The maximum atomic E-state index is 10.6. The number of nitro groups is 1. The van der Waals surface area contributed by atoms with Gasteiger partial charge in [0.25, 0.3) is 0 Å². The predicted octanol–water partition coefficient (Wildman–Crippen LogP) is 2.48. The molecule has 0 spiro atoms. The molecule has 1 aromatic rings. The van der Waals surface area contributed by atoms with Gasteiger partial charge in [-0.05, 0) is 45.3 Å². The van der Waals surface area contributed by atoms with Gasteiger partial charge in [-0.3, -0.25) is 10.1 Å². The number of thiophene rings is 1. The molecule has 5 nitrogen and oxygen atoms in total. The number of hydrogen-bond donors (Lipinski definition) is 1. The Morgan fingerprint density at radius 1 is 1.58 bits per heavy atom. The van der Waals surface area contributed by atoms with E-state index in [-0.39, 0.29) is 9.92 Å². The highest BCUT2D eigenvalue weighted by Crippen LogP contribution is 2.24. The maximum absolute atomic E-state index is 10.6. The monoisotopic (exact) mass is 283 g/mol. The Kier molecular flexibility index (Phi) is 4.90. The van der Waals surface area contributed by atoms with E-state index < -0.39 is 0 Å². The fraction of sp³-hybridized carbons (Fsp3) is 0.692. The summed E-state index contributed by atoms with van der Waals surface area (Å²) in [5, 5.41) is 14.2. The zero-order chi connectivity index (χ0) is 13.8. The highest BCUT2D eigenvalue weighted by molar-refractivity contribution is 7.15. The van der Waals surface area contributed by atoms with E-state index in [0.717, 1.165) is 24.5 Å². The number of nitrogens with zero attached hydrogens (tertiary/aromatic N) is 2.